The van der Waals surface area contributed by atoms with Crippen LogP contribution in [0.4, 0.5) is 0 Å². The van der Waals surface area contributed by atoms with Crippen molar-refractivity contribution >= 4 is 48.7 Å². The van der Waals surface area contributed by atoms with Crippen molar-refractivity contribution in [3.8, 4) is 0 Å². The highest BCUT2D eigenvalue weighted by molar-refractivity contribution is 9.10. The third-order valence-electron chi connectivity index (χ3n) is 2.82. The largest absolute Gasteiger partial charge is 0.320 e. The van der Waals surface area contributed by atoms with Crippen molar-refractivity contribution in [2.45, 2.75) is 6.04 Å². The third kappa shape index (κ3) is 1.95. The van der Waals surface area contributed by atoms with Gasteiger partial charge >= 0.3 is 0 Å². The molecule has 0 radical (unpaired) electrons. The molecule has 0 fully saturated rings. The van der Waals surface area contributed by atoms with Gasteiger partial charge in [0.2, 0.25) is 0 Å². The average molecular weight is 324 g/mol. The number of nitrogens with two attached hydrogens (primary N) is 1. The Morgan fingerprint density at radius 1 is 1.18 bits per heavy atom. The predicted molar refractivity (Wildman–Crippen MR) is 79.9 cm³/mol. The van der Waals surface area contributed by atoms with Gasteiger partial charge in [0.1, 0.15) is 0 Å². The Bertz CT molecular complexity index is 643. The van der Waals surface area contributed by atoms with E-state index in [9.17, 15) is 0 Å². The van der Waals surface area contributed by atoms with Crippen molar-refractivity contribution in [2.75, 3.05) is 0 Å². The Kier molecular flexibility index (Phi) is 3.04. The van der Waals surface area contributed by atoms with E-state index in [2.05, 4.69) is 56.3 Å². The van der Waals surface area contributed by atoms with Crippen molar-refractivity contribution in [3.05, 3.63) is 56.0 Å². The minimum atomic E-state index is -0.0238. The fourth-order valence-corrected chi connectivity index (χ4v) is 4.27. The van der Waals surface area contributed by atoms with Crippen molar-refractivity contribution in [1.82, 2.24) is 0 Å². The van der Waals surface area contributed by atoms with E-state index in [1.165, 1.54) is 21.2 Å². The molecule has 0 bridgehead atoms. The molecule has 2 N–H and O–H groups in total. The van der Waals surface area contributed by atoms with Crippen LogP contribution < -0.4 is 5.73 Å². The SMILES string of the molecule is NC(c1ccsc1)c1csc2c(Br)cccc12. The van der Waals surface area contributed by atoms with E-state index in [1.807, 2.05) is 0 Å². The molecule has 0 spiro atoms. The molecule has 3 rings (SSSR count). The summed E-state index contributed by atoms with van der Waals surface area (Å²) in [6, 6.07) is 8.33. The van der Waals surface area contributed by atoms with Gasteiger partial charge in [0, 0.05) is 9.17 Å². The lowest BCUT2D eigenvalue weighted by Gasteiger charge is -2.09. The molecular weight excluding hydrogens is 314 g/mol. The van der Waals surface area contributed by atoms with Gasteiger partial charge in [-0.25, -0.2) is 0 Å². The Morgan fingerprint density at radius 2 is 2.06 bits per heavy atom. The molecule has 1 atom stereocenters. The van der Waals surface area contributed by atoms with E-state index in [-0.39, 0.29) is 6.04 Å². The van der Waals surface area contributed by atoms with Gasteiger partial charge in [-0.05, 0) is 60.7 Å². The lowest BCUT2D eigenvalue weighted by Crippen LogP contribution is -2.09. The molecule has 1 unspecified atom stereocenters. The molecular formula is C13H10BrNS2. The highest BCUT2D eigenvalue weighted by Gasteiger charge is 2.15. The molecule has 1 nitrogen and oxygen atoms in total. The highest BCUT2D eigenvalue weighted by atomic mass is 79.9. The number of halogens is 1. The molecule has 0 saturated heterocycles. The van der Waals surface area contributed by atoms with Gasteiger partial charge in [0.15, 0.2) is 0 Å². The van der Waals surface area contributed by atoms with Gasteiger partial charge in [0.25, 0.3) is 0 Å². The third-order valence-corrected chi connectivity index (χ3v) is 5.49. The molecule has 3 aromatic rings. The molecule has 0 aliphatic carbocycles. The second-order valence-corrected chi connectivity index (χ2v) is 6.36. The quantitative estimate of drug-likeness (QED) is 0.722. The summed E-state index contributed by atoms with van der Waals surface area (Å²) in [6.45, 7) is 0. The zero-order valence-corrected chi connectivity index (χ0v) is 12.1. The fraction of sp³-hybridized carbons (Fsp3) is 0.0769. The molecule has 2 heterocycles. The van der Waals surface area contributed by atoms with Crippen LogP contribution in [0, 0.1) is 0 Å². The topological polar surface area (TPSA) is 26.0 Å². The van der Waals surface area contributed by atoms with Gasteiger partial charge < -0.3 is 5.73 Å². The van der Waals surface area contributed by atoms with Crippen molar-refractivity contribution in [1.29, 1.82) is 0 Å². The van der Waals surface area contributed by atoms with Gasteiger partial charge in [-0.3, -0.25) is 0 Å². The minimum Gasteiger partial charge on any atom is -0.320 e. The van der Waals surface area contributed by atoms with E-state index in [0.29, 0.717) is 0 Å². The molecule has 0 aliphatic heterocycles. The summed E-state index contributed by atoms with van der Waals surface area (Å²) in [5.74, 6) is 0. The van der Waals surface area contributed by atoms with Crippen LogP contribution >= 0.6 is 38.6 Å². The second-order valence-electron chi connectivity index (χ2n) is 3.84. The molecule has 0 saturated carbocycles. The maximum Gasteiger partial charge on any atom is 0.0574 e. The van der Waals surface area contributed by atoms with Crippen LogP contribution in [0.2, 0.25) is 0 Å². The summed E-state index contributed by atoms with van der Waals surface area (Å²) in [7, 11) is 0. The summed E-state index contributed by atoms with van der Waals surface area (Å²) in [5.41, 5.74) is 8.72. The van der Waals surface area contributed by atoms with Crippen molar-refractivity contribution in [3.63, 3.8) is 0 Å². The van der Waals surface area contributed by atoms with Gasteiger partial charge in [-0.1, -0.05) is 12.1 Å². The first kappa shape index (κ1) is 11.4. The van der Waals surface area contributed by atoms with E-state index in [1.54, 1.807) is 22.7 Å². The number of benzene rings is 1. The number of fused-ring (bicyclic) bond motifs is 1. The standard InChI is InChI=1S/C13H10BrNS2/c14-11-3-1-2-9-10(7-17-13(9)11)12(15)8-4-5-16-6-8/h1-7,12H,15H2. The number of thiophene rings is 2. The maximum atomic E-state index is 6.32. The number of hydrogen-bond acceptors (Lipinski definition) is 3. The molecule has 17 heavy (non-hydrogen) atoms. The maximum absolute atomic E-state index is 6.32. The minimum absolute atomic E-state index is 0.0238. The Morgan fingerprint density at radius 3 is 2.82 bits per heavy atom. The predicted octanol–water partition coefficient (Wildman–Crippen LogP) is 4.77. The lowest BCUT2D eigenvalue weighted by atomic mass is 10.0. The normalized spacial score (nSPS) is 13.1. The van der Waals surface area contributed by atoms with Crippen molar-refractivity contribution < 1.29 is 0 Å². The molecule has 86 valence electrons. The second kappa shape index (κ2) is 4.53. The van der Waals surface area contributed by atoms with Gasteiger partial charge in [-0.15, -0.1) is 11.3 Å². The first-order valence-electron chi connectivity index (χ1n) is 5.20. The fourth-order valence-electron chi connectivity index (χ4n) is 1.91. The summed E-state index contributed by atoms with van der Waals surface area (Å²) < 4.78 is 2.41. The summed E-state index contributed by atoms with van der Waals surface area (Å²) in [4.78, 5) is 0. The Labute approximate surface area is 116 Å². The number of hydrogen-bond donors (Lipinski definition) is 1. The van der Waals surface area contributed by atoms with Gasteiger partial charge in [0.05, 0.1) is 6.04 Å². The lowest BCUT2D eigenvalue weighted by molar-refractivity contribution is 0.890. The summed E-state index contributed by atoms with van der Waals surface area (Å²) in [5, 5.41) is 7.60. The van der Waals surface area contributed by atoms with E-state index < -0.39 is 0 Å². The van der Waals surface area contributed by atoms with Crippen LogP contribution in [-0.2, 0) is 0 Å². The van der Waals surface area contributed by atoms with Crippen molar-refractivity contribution in [2.24, 2.45) is 5.73 Å². The molecule has 1 aromatic carbocycles. The molecule has 4 heteroatoms. The Balaban J connectivity index is 2.15. The Hall–Kier alpha value is -0.680. The van der Waals surface area contributed by atoms with Gasteiger partial charge in [-0.2, -0.15) is 11.3 Å². The van der Waals surface area contributed by atoms with Crippen LogP contribution in [0.1, 0.15) is 17.2 Å². The first-order valence-corrected chi connectivity index (χ1v) is 7.82. The molecule has 2 aromatic heterocycles. The summed E-state index contributed by atoms with van der Waals surface area (Å²) >= 11 is 7.01. The average Bonchev–Trinajstić information content (AvgIpc) is 2.98. The molecule has 0 aliphatic rings. The van der Waals surface area contributed by atoms with Crippen LogP contribution in [0.15, 0.2) is 44.9 Å². The number of rotatable bonds is 2. The first-order chi connectivity index (χ1) is 8.27. The van der Waals surface area contributed by atoms with Crippen LogP contribution in [-0.4, -0.2) is 0 Å². The zero-order chi connectivity index (χ0) is 11.8. The van der Waals surface area contributed by atoms with E-state index >= 15 is 0 Å². The zero-order valence-electron chi connectivity index (χ0n) is 8.89. The smallest absolute Gasteiger partial charge is 0.0574 e. The van der Waals surface area contributed by atoms with Crippen LogP contribution in [0.3, 0.4) is 0 Å². The molecule has 0 amide bonds. The monoisotopic (exact) mass is 323 g/mol. The van der Waals surface area contributed by atoms with E-state index in [0.717, 1.165) is 4.47 Å². The highest BCUT2D eigenvalue weighted by Crippen LogP contribution is 2.36. The van der Waals surface area contributed by atoms with E-state index in [4.69, 9.17) is 5.73 Å². The summed E-state index contributed by atoms with van der Waals surface area (Å²) in [6.07, 6.45) is 0. The van der Waals surface area contributed by atoms with Crippen LogP contribution in [0.25, 0.3) is 10.1 Å². The van der Waals surface area contributed by atoms with Crippen LogP contribution in [0.5, 0.6) is 0 Å².